The molecule has 0 aliphatic carbocycles. The van der Waals surface area contributed by atoms with E-state index in [0.717, 1.165) is 6.26 Å². The highest BCUT2D eigenvalue weighted by Crippen LogP contribution is 2.07. The van der Waals surface area contributed by atoms with Crippen LogP contribution in [0.5, 0.6) is 0 Å². The predicted octanol–water partition coefficient (Wildman–Crippen LogP) is -0.940. The quantitative estimate of drug-likeness (QED) is 0.406. The predicted molar refractivity (Wildman–Crippen MR) is 59.8 cm³/mol. The van der Waals surface area contributed by atoms with E-state index in [1.807, 2.05) is 5.32 Å². The molecule has 94 valence electrons. The van der Waals surface area contributed by atoms with Gasteiger partial charge in [-0.2, -0.15) is 0 Å². The monoisotopic (exact) mass is 268 g/mol. The number of nitrogens with zero attached hydrogens (tertiary/aromatic N) is 2. The van der Waals surface area contributed by atoms with E-state index in [2.05, 4.69) is 15.3 Å². The van der Waals surface area contributed by atoms with Gasteiger partial charge in [-0.15, -0.1) is 0 Å². The van der Waals surface area contributed by atoms with Crippen molar-refractivity contribution >= 4 is 27.9 Å². The van der Waals surface area contributed by atoms with Crippen molar-refractivity contribution in [2.24, 2.45) is 0 Å². The molecule has 0 bridgehead atoms. The summed E-state index contributed by atoms with van der Waals surface area (Å²) in [5, 5.41) is 3.93. The van der Waals surface area contributed by atoms with Gasteiger partial charge in [0, 0.05) is 12.5 Å². The van der Waals surface area contributed by atoms with Gasteiger partial charge in [-0.05, 0) is 12.1 Å². The Morgan fingerprint density at radius 1 is 1.28 bits per heavy atom. The third kappa shape index (κ3) is 2.51. The van der Waals surface area contributed by atoms with Crippen molar-refractivity contribution in [1.82, 2.24) is 20.6 Å². The van der Waals surface area contributed by atoms with Crippen LogP contribution in [-0.4, -0.2) is 36.6 Å². The van der Waals surface area contributed by atoms with Gasteiger partial charge >= 0.3 is 6.03 Å². The van der Waals surface area contributed by atoms with Crippen molar-refractivity contribution in [2.45, 2.75) is 5.16 Å². The first-order valence-electron chi connectivity index (χ1n) is 4.73. The van der Waals surface area contributed by atoms with Crippen LogP contribution < -0.4 is 10.6 Å². The van der Waals surface area contributed by atoms with Gasteiger partial charge < -0.3 is 5.32 Å². The molecule has 18 heavy (non-hydrogen) atoms. The molecule has 0 aromatic carbocycles. The highest BCUT2D eigenvalue weighted by Gasteiger charge is 2.23. The summed E-state index contributed by atoms with van der Waals surface area (Å²) in [6, 6.07) is 0.781. The molecule has 1 aliphatic rings. The van der Waals surface area contributed by atoms with E-state index >= 15 is 0 Å². The Hall–Kier alpha value is -2.29. The lowest BCUT2D eigenvalue weighted by atomic mass is 10.3. The van der Waals surface area contributed by atoms with Crippen molar-refractivity contribution in [2.75, 3.05) is 6.26 Å². The number of carbonyl (C=O) groups excluding carboxylic acids is 2. The molecule has 2 rings (SSSR count). The third-order valence-corrected chi connectivity index (χ3v) is 2.86. The third-order valence-electron chi connectivity index (χ3n) is 2.00. The topological polar surface area (TPSA) is 118 Å². The van der Waals surface area contributed by atoms with Crippen molar-refractivity contribution in [3.8, 4) is 0 Å². The molecule has 9 heteroatoms. The number of carbonyl (C=O) groups is 2. The molecule has 8 nitrogen and oxygen atoms in total. The lowest BCUT2D eigenvalue weighted by molar-refractivity contribution is -0.115. The number of rotatable bonds is 2. The van der Waals surface area contributed by atoms with Crippen LogP contribution in [0.1, 0.15) is 5.69 Å². The maximum Gasteiger partial charge on any atom is 0.326 e. The Morgan fingerprint density at radius 3 is 2.56 bits per heavy atom. The Labute approximate surface area is 102 Å². The van der Waals surface area contributed by atoms with Crippen molar-refractivity contribution in [3.05, 3.63) is 23.7 Å². The zero-order chi connectivity index (χ0) is 13.3. The van der Waals surface area contributed by atoms with Gasteiger partial charge in [0.05, 0.1) is 5.69 Å². The molecule has 0 atom stereocenters. The fraction of sp³-hybridized carbons (Fsp3) is 0.111. The van der Waals surface area contributed by atoms with Crippen LogP contribution in [0.2, 0.25) is 0 Å². The normalized spacial score (nSPS) is 17.7. The van der Waals surface area contributed by atoms with Crippen LogP contribution in [0.25, 0.3) is 6.08 Å². The molecule has 0 saturated carbocycles. The lowest BCUT2D eigenvalue weighted by Crippen LogP contribution is -2.22. The summed E-state index contributed by atoms with van der Waals surface area (Å²) in [6.07, 6.45) is 3.49. The van der Waals surface area contributed by atoms with Gasteiger partial charge in [0.25, 0.3) is 5.91 Å². The smallest absolute Gasteiger partial charge is 0.303 e. The molecule has 3 amide bonds. The van der Waals surface area contributed by atoms with Gasteiger partial charge in [0.15, 0.2) is 0 Å². The van der Waals surface area contributed by atoms with Gasteiger partial charge in [0.1, 0.15) is 5.70 Å². The number of hydrogen-bond donors (Lipinski definition) is 2. The first kappa shape index (κ1) is 12.2. The summed E-state index contributed by atoms with van der Waals surface area (Å²) < 4.78 is 22.5. The van der Waals surface area contributed by atoms with Gasteiger partial charge in [-0.25, -0.2) is 23.2 Å². The molecule has 2 heterocycles. The fourth-order valence-corrected chi connectivity index (χ4v) is 1.77. The maximum absolute atomic E-state index is 11.2. The molecule has 1 aromatic rings. The molecule has 1 aromatic heterocycles. The molecule has 0 spiro atoms. The summed E-state index contributed by atoms with van der Waals surface area (Å²) in [6.45, 7) is 0. The van der Waals surface area contributed by atoms with E-state index in [-0.39, 0.29) is 16.5 Å². The maximum atomic E-state index is 11.2. The zero-order valence-electron chi connectivity index (χ0n) is 9.17. The minimum Gasteiger partial charge on any atom is -0.303 e. The second-order valence-corrected chi connectivity index (χ2v) is 5.41. The van der Waals surface area contributed by atoms with Crippen LogP contribution >= 0.6 is 0 Å². The summed E-state index contributed by atoms with van der Waals surface area (Å²) in [4.78, 5) is 29.5. The minimum atomic E-state index is -3.52. The lowest BCUT2D eigenvalue weighted by Gasteiger charge is -1.98. The van der Waals surface area contributed by atoms with Crippen molar-refractivity contribution in [3.63, 3.8) is 0 Å². The number of amides is 3. The number of sulfone groups is 1. The molecule has 0 unspecified atom stereocenters. The van der Waals surface area contributed by atoms with Crippen LogP contribution in [0.15, 0.2) is 23.1 Å². The largest absolute Gasteiger partial charge is 0.326 e. The average Bonchev–Trinajstić information content (AvgIpc) is 2.56. The summed E-state index contributed by atoms with van der Waals surface area (Å²) >= 11 is 0. The molecule has 0 radical (unpaired) electrons. The van der Waals surface area contributed by atoms with Gasteiger partial charge in [-0.3, -0.25) is 10.1 Å². The number of aromatic nitrogens is 2. The number of imide groups is 1. The van der Waals surface area contributed by atoms with E-state index in [0.29, 0.717) is 0 Å². The first-order valence-corrected chi connectivity index (χ1v) is 6.62. The minimum absolute atomic E-state index is 0.00171. The Morgan fingerprint density at radius 2 is 2.00 bits per heavy atom. The van der Waals surface area contributed by atoms with E-state index < -0.39 is 21.8 Å². The SMILES string of the molecule is CS(=O)(=O)c1nccc(/C=C2/NC(=O)NC2=O)n1. The second kappa shape index (κ2) is 4.18. The van der Waals surface area contributed by atoms with E-state index in [9.17, 15) is 18.0 Å². The Balaban J connectivity index is 2.39. The number of hydrogen-bond acceptors (Lipinski definition) is 6. The molecule has 1 aliphatic heterocycles. The molecular formula is C9H8N4O4S. The van der Waals surface area contributed by atoms with Gasteiger partial charge in [0.2, 0.25) is 15.0 Å². The van der Waals surface area contributed by atoms with Crippen molar-refractivity contribution < 1.29 is 18.0 Å². The van der Waals surface area contributed by atoms with Crippen LogP contribution in [0, 0.1) is 0 Å². The number of nitrogens with one attached hydrogen (secondary N) is 2. The summed E-state index contributed by atoms with van der Waals surface area (Å²) in [7, 11) is -3.52. The number of urea groups is 1. The molecule has 1 saturated heterocycles. The van der Waals surface area contributed by atoms with E-state index in [1.54, 1.807) is 0 Å². The molecule has 2 N–H and O–H groups in total. The summed E-state index contributed by atoms with van der Waals surface area (Å²) in [5.74, 6) is -0.598. The zero-order valence-corrected chi connectivity index (χ0v) is 9.98. The van der Waals surface area contributed by atoms with Crippen LogP contribution in [0.3, 0.4) is 0 Å². The average molecular weight is 268 g/mol. The Bertz CT molecular complexity index is 665. The standard InChI is InChI=1S/C9H8N4O4S/c1-18(16,17)9-10-3-2-5(11-9)4-6-7(14)13-8(15)12-6/h2-4H,1H3,(H2,12,13,14,15)/b6-4+. The van der Waals surface area contributed by atoms with E-state index in [4.69, 9.17) is 0 Å². The molecule has 1 fully saturated rings. The van der Waals surface area contributed by atoms with Crippen LogP contribution in [-0.2, 0) is 14.6 Å². The summed E-state index contributed by atoms with van der Waals surface area (Å²) in [5.41, 5.74) is 0.205. The van der Waals surface area contributed by atoms with Crippen LogP contribution in [0.4, 0.5) is 4.79 Å². The highest BCUT2D eigenvalue weighted by molar-refractivity contribution is 7.90. The van der Waals surface area contributed by atoms with E-state index in [1.165, 1.54) is 18.3 Å². The highest BCUT2D eigenvalue weighted by atomic mass is 32.2. The fourth-order valence-electron chi connectivity index (χ4n) is 1.24. The molecular weight excluding hydrogens is 260 g/mol. The van der Waals surface area contributed by atoms with Crippen molar-refractivity contribution in [1.29, 1.82) is 0 Å². The second-order valence-electron chi connectivity index (χ2n) is 3.50. The Kier molecular flexibility index (Phi) is 2.83. The first-order chi connectivity index (χ1) is 8.36. The van der Waals surface area contributed by atoms with Gasteiger partial charge in [-0.1, -0.05) is 0 Å².